The highest BCUT2D eigenvalue weighted by molar-refractivity contribution is 6.02. The molecule has 0 aromatic carbocycles. The zero-order valence-electron chi connectivity index (χ0n) is 21.5. The van der Waals surface area contributed by atoms with Gasteiger partial charge in [0, 0.05) is 29.0 Å². The number of amides is 1. The lowest BCUT2D eigenvalue weighted by atomic mass is 9.74. The third-order valence-corrected chi connectivity index (χ3v) is 6.88. The molecule has 0 aromatic heterocycles. The van der Waals surface area contributed by atoms with Crippen molar-refractivity contribution >= 4 is 23.4 Å². The van der Waals surface area contributed by atoms with E-state index < -0.39 is 11.4 Å². The van der Waals surface area contributed by atoms with Crippen LogP contribution in [0.3, 0.4) is 0 Å². The Kier molecular flexibility index (Phi) is 13.3. The number of likely N-dealkylation sites (N-methyl/N-ethyl adjacent to an activating group) is 1. The third kappa shape index (κ3) is 9.66. The molecule has 0 aliphatic heterocycles. The minimum atomic E-state index is -1.01. The monoisotopic (exact) mass is 479 g/mol. The number of carbonyl (C=O) groups excluding carboxylic acids is 3. The zero-order chi connectivity index (χ0) is 25.7. The predicted molar refractivity (Wildman–Crippen MR) is 133 cm³/mol. The predicted octanol–water partition coefficient (Wildman–Crippen LogP) is 3.14. The van der Waals surface area contributed by atoms with Gasteiger partial charge in [0.2, 0.25) is 5.91 Å². The molecular formula is C26H45N3O5. The molecule has 1 rings (SSSR count). The standard InChI is InChI=1S/C26H45N3O5/c1-18(30)19(17-26(2,3)23(31)22(28-4)14-7-9-15-27)11-8-10-16-29-24(32)20-12-5-6-13-21(20)25(33)34/h19,22,28H,5-17,27H2,1-4H3,(H,29,32)(H,33,34). The van der Waals surface area contributed by atoms with Crippen LogP contribution in [0.15, 0.2) is 11.1 Å². The minimum Gasteiger partial charge on any atom is -0.478 e. The molecule has 0 saturated carbocycles. The van der Waals surface area contributed by atoms with Crippen LogP contribution in [-0.4, -0.2) is 54.7 Å². The van der Waals surface area contributed by atoms with Crippen LogP contribution in [-0.2, 0) is 19.2 Å². The molecule has 2 atom stereocenters. The molecule has 0 heterocycles. The van der Waals surface area contributed by atoms with Crippen LogP contribution in [0.5, 0.6) is 0 Å². The van der Waals surface area contributed by atoms with Gasteiger partial charge in [-0.15, -0.1) is 0 Å². The van der Waals surface area contributed by atoms with Crippen LogP contribution in [0, 0.1) is 11.3 Å². The van der Waals surface area contributed by atoms with Crippen molar-refractivity contribution in [1.29, 1.82) is 0 Å². The Bertz CT molecular complexity index is 745. The fraction of sp³-hybridized carbons (Fsp3) is 0.769. The first-order chi connectivity index (χ1) is 16.0. The Labute approximate surface area is 204 Å². The number of aliphatic carboxylic acids is 1. The van der Waals surface area contributed by atoms with Gasteiger partial charge in [-0.05, 0) is 78.3 Å². The van der Waals surface area contributed by atoms with E-state index in [0.29, 0.717) is 50.8 Å². The highest BCUT2D eigenvalue weighted by Gasteiger charge is 2.35. The molecule has 0 radical (unpaired) electrons. The minimum absolute atomic E-state index is 0.0764. The van der Waals surface area contributed by atoms with Crippen molar-refractivity contribution in [2.75, 3.05) is 20.1 Å². The average Bonchev–Trinajstić information content (AvgIpc) is 2.80. The first-order valence-electron chi connectivity index (χ1n) is 12.7. The summed E-state index contributed by atoms with van der Waals surface area (Å²) >= 11 is 0. The Balaban J connectivity index is 2.56. The number of Topliss-reactive ketones (excluding diaryl/α,β-unsaturated/α-hetero) is 2. The van der Waals surface area contributed by atoms with Crippen molar-refractivity contribution in [3.8, 4) is 0 Å². The van der Waals surface area contributed by atoms with Gasteiger partial charge >= 0.3 is 5.97 Å². The number of carboxylic acids is 1. The number of carbonyl (C=O) groups is 4. The molecule has 1 aliphatic carbocycles. The van der Waals surface area contributed by atoms with E-state index in [1.54, 1.807) is 14.0 Å². The second-order valence-corrected chi connectivity index (χ2v) is 10.1. The van der Waals surface area contributed by atoms with Crippen molar-refractivity contribution in [3.05, 3.63) is 11.1 Å². The Hall–Kier alpha value is -2.06. The summed E-state index contributed by atoms with van der Waals surface area (Å²) in [4.78, 5) is 49.2. The van der Waals surface area contributed by atoms with Crippen molar-refractivity contribution in [2.24, 2.45) is 17.1 Å². The maximum absolute atomic E-state index is 13.1. The van der Waals surface area contributed by atoms with Gasteiger partial charge < -0.3 is 21.5 Å². The summed E-state index contributed by atoms with van der Waals surface area (Å²) in [5.41, 5.74) is 5.57. The van der Waals surface area contributed by atoms with Crippen molar-refractivity contribution < 1.29 is 24.3 Å². The van der Waals surface area contributed by atoms with Gasteiger partial charge in [0.05, 0.1) is 6.04 Å². The maximum atomic E-state index is 13.1. The summed E-state index contributed by atoms with van der Waals surface area (Å²) in [6.45, 7) is 6.45. The van der Waals surface area contributed by atoms with Crippen LogP contribution < -0.4 is 16.4 Å². The van der Waals surface area contributed by atoms with E-state index in [1.165, 1.54) is 0 Å². The fourth-order valence-corrected chi connectivity index (χ4v) is 4.75. The molecule has 1 aliphatic rings. The van der Waals surface area contributed by atoms with Crippen LogP contribution in [0.1, 0.15) is 91.4 Å². The number of rotatable bonds is 17. The van der Waals surface area contributed by atoms with Crippen LogP contribution in [0.2, 0.25) is 0 Å². The van der Waals surface area contributed by atoms with Gasteiger partial charge in [-0.3, -0.25) is 14.4 Å². The molecule has 0 spiro atoms. The topological polar surface area (TPSA) is 139 Å². The quantitative estimate of drug-likeness (QED) is 0.235. The molecule has 5 N–H and O–H groups in total. The average molecular weight is 480 g/mol. The smallest absolute Gasteiger partial charge is 0.332 e. The second kappa shape index (κ2) is 15.0. The highest BCUT2D eigenvalue weighted by Crippen LogP contribution is 2.32. The van der Waals surface area contributed by atoms with E-state index >= 15 is 0 Å². The van der Waals surface area contributed by atoms with Gasteiger partial charge in [0.15, 0.2) is 5.78 Å². The molecule has 0 aromatic rings. The molecule has 8 nitrogen and oxygen atoms in total. The highest BCUT2D eigenvalue weighted by atomic mass is 16.4. The van der Waals surface area contributed by atoms with Crippen molar-refractivity contribution in [3.63, 3.8) is 0 Å². The number of hydrogen-bond acceptors (Lipinski definition) is 6. The molecule has 8 heteroatoms. The number of hydrogen-bond donors (Lipinski definition) is 4. The normalized spacial score (nSPS) is 16.1. The van der Waals surface area contributed by atoms with Gasteiger partial charge in [0.1, 0.15) is 5.78 Å². The number of nitrogens with one attached hydrogen (secondary N) is 2. The molecule has 0 saturated heterocycles. The number of carboxylic acid groups (broad SMARTS) is 1. The van der Waals surface area contributed by atoms with Crippen molar-refractivity contribution in [1.82, 2.24) is 10.6 Å². The summed E-state index contributed by atoms with van der Waals surface area (Å²) in [7, 11) is 1.79. The second-order valence-electron chi connectivity index (χ2n) is 10.1. The van der Waals surface area contributed by atoms with Gasteiger partial charge in [-0.2, -0.15) is 0 Å². The lowest BCUT2D eigenvalue weighted by molar-refractivity contribution is -0.133. The third-order valence-electron chi connectivity index (χ3n) is 6.88. The van der Waals surface area contributed by atoms with E-state index in [1.807, 2.05) is 13.8 Å². The molecule has 1 amide bonds. The molecular weight excluding hydrogens is 434 g/mol. The van der Waals surface area contributed by atoms with E-state index in [0.717, 1.165) is 38.5 Å². The van der Waals surface area contributed by atoms with Gasteiger partial charge in [-0.25, -0.2) is 4.79 Å². The molecule has 0 fully saturated rings. The lowest BCUT2D eigenvalue weighted by Crippen LogP contribution is -2.43. The maximum Gasteiger partial charge on any atom is 0.332 e. The molecule has 34 heavy (non-hydrogen) atoms. The Morgan fingerprint density at radius 3 is 2.18 bits per heavy atom. The first kappa shape index (κ1) is 30.0. The lowest BCUT2D eigenvalue weighted by Gasteiger charge is -2.31. The van der Waals surface area contributed by atoms with Crippen LogP contribution in [0.25, 0.3) is 0 Å². The molecule has 194 valence electrons. The largest absolute Gasteiger partial charge is 0.478 e. The molecule has 0 bridgehead atoms. The Morgan fingerprint density at radius 1 is 1.00 bits per heavy atom. The summed E-state index contributed by atoms with van der Waals surface area (Å²) in [6.07, 6.45) is 7.66. The van der Waals surface area contributed by atoms with E-state index in [2.05, 4.69) is 10.6 Å². The number of unbranched alkanes of at least 4 members (excludes halogenated alkanes) is 2. The zero-order valence-corrected chi connectivity index (χ0v) is 21.5. The van der Waals surface area contributed by atoms with Crippen LogP contribution >= 0.6 is 0 Å². The van der Waals surface area contributed by atoms with E-state index in [4.69, 9.17) is 5.73 Å². The first-order valence-corrected chi connectivity index (χ1v) is 12.7. The summed E-state index contributed by atoms with van der Waals surface area (Å²) in [6, 6.07) is -0.242. The summed E-state index contributed by atoms with van der Waals surface area (Å²) < 4.78 is 0. The van der Waals surface area contributed by atoms with Gasteiger partial charge in [-0.1, -0.05) is 26.7 Å². The van der Waals surface area contributed by atoms with E-state index in [9.17, 15) is 24.3 Å². The van der Waals surface area contributed by atoms with Crippen LogP contribution in [0.4, 0.5) is 0 Å². The summed E-state index contributed by atoms with van der Waals surface area (Å²) in [5.74, 6) is -1.31. The molecule has 2 unspecified atom stereocenters. The van der Waals surface area contributed by atoms with Gasteiger partial charge in [0.25, 0.3) is 0 Å². The van der Waals surface area contributed by atoms with Crippen molar-refractivity contribution in [2.45, 2.75) is 97.4 Å². The number of nitrogens with two attached hydrogens (primary N) is 1. The Morgan fingerprint density at radius 2 is 1.62 bits per heavy atom. The number of ketones is 2. The summed E-state index contributed by atoms with van der Waals surface area (Å²) in [5, 5.41) is 15.3. The fourth-order valence-electron chi connectivity index (χ4n) is 4.75. The SMILES string of the molecule is CNC(CCCCN)C(=O)C(C)(C)CC(CCCCNC(=O)C1=C(C(=O)O)CCCC1)C(C)=O. The van der Waals surface area contributed by atoms with E-state index in [-0.39, 0.29) is 35.0 Å².